The maximum atomic E-state index is 2.18. The van der Waals surface area contributed by atoms with Gasteiger partial charge in [0.25, 0.3) is 0 Å². The fraction of sp³-hybridized carbons (Fsp3) is 0.143. The maximum absolute atomic E-state index is 2.18. The van der Waals surface area contributed by atoms with Gasteiger partial charge in [-0.3, -0.25) is 0 Å². The average Bonchev–Trinajstić information content (AvgIpc) is 1.77. The molecule has 0 aliphatic rings. The maximum Gasteiger partial charge on any atom is -1.00 e. The van der Waals surface area contributed by atoms with E-state index in [1.54, 1.807) is 0 Å². The summed E-state index contributed by atoms with van der Waals surface area (Å²) >= 11 is 1.26. The van der Waals surface area contributed by atoms with Gasteiger partial charge in [-0.2, -0.15) is 0 Å². The number of aryl methyl sites for hydroxylation is 1. The van der Waals surface area contributed by atoms with Crippen molar-refractivity contribution in [3.05, 3.63) is 29.8 Å². The third kappa shape index (κ3) is 3.12. The van der Waals surface area contributed by atoms with Crippen molar-refractivity contribution in [2.24, 2.45) is 0 Å². The molecule has 0 N–H and O–H groups in total. The molecule has 9 heavy (non-hydrogen) atoms. The normalized spacial score (nSPS) is 8.33. The van der Waals surface area contributed by atoms with Gasteiger partial charge >= 0.3 is 59.2 Å². The van der Waals surface area contributed by atoms with E-state index >= 15 is 0 Å². The van der Waals surface area contributed by atoms with Gasteiger partial charge in [0, 0.05) is 0 Å². The Morgan fingerprint density at radius 2 is 1.56 bits per heavy atom. The van der Waals surface area contributed by atoms with Crippen molar-refractivity contribution in [1.82, 2.24) is 0 Å². The molecule has 0 fully saturated rings. The molecule has 0 heterocycles. The second-order valence-electron chi connectivity index (χ2n) is 1.99. The van der Waals surface area contributed by atoms with Gasteiger partial charge in [0.2, 0.25) is 0 Å². The predicted molar refractivity (Wildman–Crippen MR) is 30.8 cm³/mol. The van der Waals surface area contributed by atoms with Gasteiger partial charge in [0.1, 0.15) is 0 Å². The molecule has 0 radical (unpaired) electrons. The Labute approximate surface area is 76.1 Å². The molecule has 1 aromatic rings. The predicted octanol–water partition coefficient (Wildman–Crippen LogP) is -1.83. The van der Waals surface area contributed by atoms with Crippen LogP contribution in [0.5, 0.6) is 0 Å². The minimum atomic E-state index is 0. The summed E-state index contributed by atoms with van der Waals surface area (Å²) in [5.74, 6) is 0. The van der Waals surface area contributed by atoms with E-state index in [4.69, 9.17) is 0 Å². The minimum Gasteiger partial charge on any atom is -1.00 e. The van der Waals surface area contributed by atoms with Crippen LogP contribution >= 0.6 is 0 Å². The Kier molecular flexibility index (Phi) is 4.34. The van der Waals surface area contributed by atoms with E-state index in [9.17, 15) is 0 Å². The van der Waals surface area contributed by atoms with Crippen molar-refractivity contribution >= 4 is 4.16 Å². The zero-order valence-corrected chi connectivity index (χ0v) is 9.95. The van der Waals surface area contributed by atoms with Gasteiger partial charge < -0.3 is 17.0 Å². The van der Waals surface area contributed by atoms with E-state index in [2.05, 4.69) is 31.2 Å². The van der Waals surface area contributed by atoms with Crippen LogP contribution in [0, 0.1) is 6.92 Å². The first-order valence-electron chi connectivity index (χ1n) is 2.67. The van der Waals surface area contributed by atoms with Gasteiger partial charge in [-0.1, -0.05) is 0 Å². The Morgan fingerprint density at radius 3 is 1.89 bits per heavy atom. The third-order valence-electron chi connectivity index (χ3n) is 1.12. The Morgan fingerprint density at radius 1 is 1.11 bits per heavy atom. The molecule has 0 aliphatic carbocycles. The summed E-state index contributed by atoms with van der Waals surface area (Å²) in [5, 5.41) is 0. The molecule has 0 amide bonds. The van der Waals surface area contributed by atoms with E-state index in [0.717, 1.165) is 0 Å². The summed E-state index contributed by atoms with van der Waals surface area (Å²) in [5.41, 5.74) is 1.35. The van der Waals surface area contributed by atoms with Crippen LogP contribution in [0.15, 0.2) is 24.3 Å². The molecule has 0 saturated heterocycles. The number of benzene rings is 1. The van der Waals surface area contributed by atoms with E-state index in [-0.39, 0.29) is 17.0 Å². The zero-order chi connectivity index (χ0) is 5.98. The Balaban J connectivity index is 0.000000640. The van der Waals surface area contributed by atoms with Crippen molar-refractivity contribution in [1.29, 1.82) is 0 Å². The van der Waals surface area contributed by atoms with Crippen molar-refractivity contribution < 1.29 is 35.3 Å². The summed E-state index contributed by atoms with van der Waals surface area (Å²) in [6.45, 7) is 2.11. The molecular formula is C7H7BrZn. The SMILES string of the molecule is Cc1cc[c]([Zn+])cc1.[Br-]. The molecule has 0 atom stereocenters. The first-order valence-corrected chi connectivity index (χ1v) is 4.16. The fourth-order valence-electron chi connectivity index (χ4n) is 0.588. The van der Waals surface area contributed by atoms with Gasteiger partial charge in [0.05, 0.1) is 0 Å². The molecule has 0 nitrogen and oxygen atoms in total. The van der Waals surface area contributed by atoms with Gasteiger partial charge in [0.15, 0.2) is 0 Å². The summed E-state index contributed by atoms with van der Waals surface area (Å²) in [6.07, 6.45) is 0. The molecule has 2 heteroatoms. The van der Waals surface area contributed by atoms with Gasteiger partial charge in [-0.05, 0) is 0 Å². The third-order valence-corrected chi connectivity index (χ3v) is 2.11. The van der Waals surface area contributed by atoms with Crippen LogP contribution in [-0.4, -0.2) is 0 Å². The monoisotopic (exact) mass is 234 g/mol. The minimum absolute atomic E-state index is 0. The molecule has 1 rings (SSSR count). The molecule has 44 valence electrons. The standard InChI is InChI=1S/C7H7.BrH.Zn/c1-7-5-3-2-4-6-7;;/h3-6H,1H3;1H;/q;;+1/p-1. The van der Waals surface area contributed by atoms with Crippen molar-refractivity contribution in [2.75, 3.05) is 0 Å². The molecule has 0 spiro atoms. The summed E-state index contributed by atoms with van der Waals surface area (Å²) in [7, 11) is 0. The molecule has 1 aromatic carbocycles. The summed E-state index contributed by atoms with van der Waals surface area (Å²) in [6, 6.07) is 8.66. The summed E-state index contributed by atoms with van der Waals surface area (Å²) < 4.78 is 1.45. The quantitative estimate of drug-likeness (QED) is 0.465. The van der Waals surface area contributed by atoms with Crippen LogP contribution in [0.1, 0.15) is 5.56 Å². The van der Waals surface area contributed by atoms with E-state index < -0.39 is 0 Å². The number of halogens is 1. The van der Waals surface area contributed by atoms with E-state index in [0.29, 0.717) is 0 Å². The molecule has 0 unspecified atom stereocenters. The molecule has 0 saturated carbocycles. The Hall–Kier alpha value is 0.323. The molecular weight excluding hydrogens is 229 g/mol. The van der Waals surface area contributed by atoms with Crippen LogP contribution < -0.4 is 21.1 Å². The zero-order valence-electron chi connectivity index (χ0n) is 5.39. The molecule has 0 aromatic heterocycles. The summed E-state index contributed by atoms with van der Waals surface area (Å²) in [4.78, 5) is 0. The topological polar surface area (TPSA) is 0 Å². The number of rotatable bonds is 0. The molecule has 0 aliphatic heterocycles. The van der Waals surface area contributed by atoms with Crippen LogP contribution in [-0.2, 0) is 18.3 Å². The van der Waals surface area contributed by atoms with Gasteiger partial charge in [-0.25, -0.2) is 0 Å². The second kappa shape index (κ2) is 4.19. The average molecular weight is 236 g/mol. The first kappa shape index (κ1) is 9.32. The number of hydrogen-bond donors (Lipinski definition) is 0. The molecule has 0 bridgehead atoms. The van der Waals surface area contributed by atoms with Gasteiger partial charge in [-0.15, -0.1) is 0 Å². The van der Waals surface area contributed by atoms with E-state index in [1.807, 2.05) is 0 Å². The van der Waals surface area contributed by atoms with Crippen LogP contribution in [0.3, 0.4) is 0 Å². The largest absolute Gasteiger partial charge is 1.00 e. The van der Waals surface area contributed by atoms with Crippen LogP contribution in [0.2, 0.25) is 0 Å². The smallest absolute Gasteiger partial charge is 1.00 e. The number of hydrogen-bond acceptors (Lipinski definition) is 0. The second-order valence-corrected chi connectivity index (χ2v) is 3.70. The van der Waals surface area contributed by atoms with E-state index in [1.165, 1.54) is 28.0 Å². The fourth-order valence-corrected chi connectivity index (χ4v) is 1.08. The Bertz CT molecular complexity index is 148. The van der Waals surface area contributed by atoms with Crippen molar-refractivity contribution in [3.8, 4) is 0 Å². The van der Waals surface area contributed by atoms with Crippen LogP contribution in [0.25, 0.3) is 0 Å². The first-order chi connectivity index (χ1) is 3.79. The van der Waals surface area contributed by atoms with Crippen molar-refractivity contribution in [3.63, 3.8) is 0 Å². The van der Waals surface area contributed by atoms with Crippen molar-refractivity contribution in [2.45, 2.75) is 6.92 Å². The van der Waals surface area contributed by atoms with Crippen LogP contribution in [0.4, 0.5) is 0 Å².